The highest BCUT2D eigenvalue weighted by atomic mass is 16.4. The molecule has 4 nitrogen and oxygen atoms in total. The second-order valence-corrected chi connectivity index (χ2v) is 3.40. The summed E-state index contributed by atoms with van der Waals surface area (Å²) in [5.41, 5.74) is 1.71. The molecule has 76 valence electrons. The zero-order valence-corrected chi connectivity index (χ0v) is 8.61. The van der Waals surface area contributed by atoms with E-state index >= 15 is 0 Å². The van der Waals surface area contributed by atoms with E-state index in [0.717, 1.165) is 11.3 Å². The Morgan fingerprint density at radius 1 is 1.50 bits per heavy atom. The van der Waals surface area contributed by atoms with Gasteiger partial charge in [0, 0.05) is 5.56 Å². The second kappa shape index (κ2) is 4.17. The van der Waals surface area contributed by atoms with Crippen LogP contribution < -0.4 is 0 Å². The van der Waals surface area contributed by atoms with Crippen LogP contribution in [0.25, 0.3) is 0 Å². The summed E-state index contributed by atoms with van der Waals surface area (Å²) in [7, 11) is 0. The SMILES string of the molecule is CCc1c(C(=O)O)ncnc1C(C)C. The molecule has 1 aromatic rings. The van der Waals surface area contributed by atoms with Crippen LogP contribution in [-0.4, -0.2) is 21.0 Å². The minimum atomic E-state index is -0.980. The molecule has 0 radical (unpaired) electrons. The number of carbonyl (C=O) groups is 1. The molecule has 1 heterocycles. The van der Waals surface area contributed by atoms with E-state index in [2.05, 4.69) is 9.97 Å². The first-order chi connectivity index (χ1) is 6.57. The van der Waals surface area contributed by atoms with Crippen molar-refractivity contribution < 1.29 is 9.90 Å². The van der Waals surface area contributed by atoms with Gasteiger partial charge in [0.1, 0.15) is 6.33 Å². The van der Waals surface area contributed by atoms with Gasteiger partial charge in [-0.15, -0.1) is 0 Å². The zero-order chi connectivity index (χ0) is 10.7. The Hall–Kier alpha value is -1.45. The van der Waals surface area contributed by atoms with Crippen LogP contribution in [0.5, 0.6) is 0 Å². The maximum atomic E-state index is 10.9. The van der Waals surface area contributed by atoms with Crippen molar-refractivity contribution in [3.05, 3.63) is 23.3 Å². The van der Waals surface area contributed by atoms with Crippen LogP contribution in [0.2, 0.25) is 0 Å². The molecular formula is C10H14N2O2. The van der Waals surface area contributed by atoms with E-state index in [-0.39, 0.29) is 11.6 Å². The molecule has 0 aromatic carbocycles. The molecule has 14 heavy (non-hydrogen) atoms. The number of nitrogens with zero attached hydrogens (tertiary/aromatic N) is 2. The summed E-state index contributed by atoms with van der Waals surface area (Å²) in [4.78, 5) is 18.8. The van der Waals surface area contributed by atoms with Crippen molar-refractivity contribution in [3.8, 4) is 0 Å². The maximum Gasteiger partial charge on any atom is 0.354 e. The Balaban J connectivity index is 3.32. The molecule has 4 heteroatoms. The predicted octanol–water partition coefficient (Wildman–Crippen LogP) is 1.86. The van der Waals surface area contributed by atoms with E-state index in [1.807, 2.05) is 20.8 Å². The smallest absolute Gasteiger partial charge is 0.354 e. The van der Waals surface area contributed by atoms with Crippen LogP contribution in [0.3, 0.4) is 0 Å². The van der Waals surface area contributed by atoms with Crippen LogP contribution in [0.15, 0.2) is 6.33 Å². The highest BCUT2D eigenvalue weighted by Crippen LogP contribution is 2.19. The molecule has 0 amide bonds. The van der Waals surface area contributed by atoms with Gasteiger partial charge in [-0.05, 0) is 12.3 Å². The van der Waals surface area contributed by atoms with Gasteiger partial charge in [-0.1, -0.05) is 20.8 Å². The number of carboxylic acids is 1. The van der Waals surface area contributed by atoms with Gasteiger partial charge in [-0.25, -0.2) is 14.8 Å². The molecule has 0 aliphatic heterocycles. The molecule has 1 rings (SSSR count). The summed E-state index contributed by atoms with van der Waals surface area (Å²) in [5, 5.41) is 8.91. The van der Waals surface area contributed by atoms with Crippen LogP contribution in [0, 0.1) is 0 Å². The van der Waals surface area contributed by atoms with Crippen molar-refractivity contribution >= 4 is 5.97 Å². The van der Waals surface area contributed by atoms with Gasteiger partial charge >= 0.3 is 5.97 Å². The molecule has 0 saturated heterocycles. The average molecular weight is 194 g/mol. The van der Waals surface area contributed by atoms with E-state index in [9.17, 15) is 4.79 Å². The standard InChI is InChI=1S/C10H14N2O2/c1-4-7-8(6(2)3)11-5-12-9(7)10(13)14/h5-6H,4H2,1-3H3,(H,13,14). The normalized spacial score (nSPS) is 10.6. The van der Waals surface area contributed by atoms with Gasteiger partial charge in [0.15, 0.2) is 5.69 Å². The first-order valence-electron chi connectivity index (χ1n) is 4.65. The number of hydrogen-bond acceptors (Lipinski definition) is 3. The number of hydrogen-bond donors (Lipinski definition) is 1. The third kappa shape index (κ3) is 1.89. The summed E-state index contributed by atoms with van der Waals surface area (Å²) < 4.78 is 0. The Morgan fingerprint density at radius 2 is 2.14 bits per heavy atom. The Morgan fingerprint density at radius 3 is 2.57 bits per heavy atom. The molecule has 0 unspecified atom stereocenters. The molecular weight excluding hydrogens is 180 g/mol. The van der Waals surface area contributed by atoms with E-state index < -0.39 is 5.97 Å². The highest BCUT2D eigenvalue weighted by molar-refractivity contribution is 5.87. The van der Waals surface area contributed by atoms with Crippen molar-refractivity contribution in [2.45, 2.75) is 33.1 Å². The number of aromatic nitrogens is 2. The summed E-state index contributed by atoms with van der Waals surface area (Å²) in [5.74, 6) is -0.753. The summed E-state index contributed by atoms with van der Waals surface area (Å²) in [6, 6.07) is 0. The zero-order valence-electron chi connectivity index (χ0n) is 8.61. The van der Waals surface area contributed by atoms with Crippen molar-refractivity contribution in [2.24, 2.45) is 0 Å². The molecule has 0 bridgehead atoms. The molecule has 1 aromatic heterocycles. The molecule has 0 spiro atoms. The van der Waals surface area contributed by atoms with Crippen molar-refractivity contribution in [1.29, 1.82) is 0 Å². The molecule has 0 aliphatic carbocycles. The highest BCUT2D eigenvalue weighted by Gasteiger charge is 2.16. The molecule has 0 aliphatic rings. The van der Waals surface area contributed by atoms with Gasteiger partial charge in [-0.3, -0.25) is 0 Å². The Labute approximate surface area is 83.0 Å². The Kier molecular flexibility index (Phi) is 3.17. The second-order valence-electron chi connectivity index (χ2n) is 3.40. The van der Waals surface area contributed by atoms with Gasteiger partial charge in [-0.2, -0.15) is 0 Å². The third-order valence-corrected chi connectivity index (χ3v) is 2.08. The molecule has 0 fully saturated rings. The summed E-state index contributed by atoms with van der Waals surface area (Å²) in [6.45, 7) is 5.90. The summed E-state index contributed by atoms with van der Waals surface area (Å²) >= 11 is 0. The largest absolute Gasteiger partial charge is 0.477 e. The lowest BCUT2D eigenvalue weighted by atomic mass is 10.0. The Bertz CT molecular complexity index is 348. The van der Waals surface area contributed by atoms with Gasteiger partial charge in [0.25, 0.3) is 0 Å². The topological polar surface area (TPSA) is 63.1 Å². The molecule has 0 atom stereocenters. The molecule has 0 saturated carbocycles. The molecule has 1 N–H and O–H groups in total. The third-order valence-electron chi connectivity index (χ3n) is 2.08. The summed E-state index contributed by atoms with van der Waals surface area (Å²) in [6.07, 6.45) is 1.97. The monoisotopic (exact) mass is 194 g/mol. The van der Waals surface area contributed by atoms with E-state index in [0.29, 0.717) is 6.42 Å². The first kappa shape index (κ1) is 10.6. The quantitative estimate of drug-likeness (QED) is 0.797. The number of carboxylic acid groups (broad SMARTS) is 1. The fourth-order valence-corrected chi connectivity index (χ4v) is 1.46. The minimum Gasteiger partial charge on any atom is -0.477 e. The van der Waals surface area contributed by atoms with Gasteiger partial charge < -0.3 is 5.11 Å². The van der Waals surface area contributed by atoms with E-state index in [1.54, 1.807) is 0 Å². The van der Waals surface area contributed by atoms with Crippen LogP contribution >= 0.6 is 0 Å². The van der Waals surface area contributed by atoms with E-state index in [1.165, 1.54) is 6.33 Å². The fourth-order valence-electron chi connectivity index (χ4n) is 1.46. The first-order valence-corrected chi connectivity index (χ1v) is 4.65. The van der Waals surface area contributed by atoms with Crippen LogP contribution in [0.1, 0.15) is 48.4 Å². The fraction of sp³-hybridized carbons (Fsp3) is 0.500. The number of rotatable bonds is 3. The lowest BCUT2D eigenvalue weighted by molar-refractivity contribution is 0.0688. The minimum absolute atomic E-state index is 0.131. The van der Waals surface area contributed by atoms with Crippen molar-refractivity contribution in [1.82, 2.24) is 9.97 Å². The van der Waals surface area contributed by atoms with Crippen LogP contribution in [0.4, 0.5) is 0 Å². The van der Waals surface area contributed by atoms with E-state index in [4.69, 9.17) is 5.11 Å². The van der Waals surface area contributed by atoms with Crippen LogP contribution in [-0.2, 0) is 6.42 Å². The average Bonchev–Trinajstić information content (AvgIpc) is 2.16. The van der Waals surface area contributed by atoms with Crippen molar-refractivity contribution in [2.75, 3.05) is 0 Å². The van der Waals surface area contributed by atoms with Gasteiger partial charge in [0.2, 0.25) is 0 Å². The lowest BCUT2D eigenvalue weighted by Gasteiger charge is -2.11. The van der Waals surface area contributed by atoms with Crippen molar-refractivity contribution in [3.63, 3.8) is 0 Å². The predicted molar refractivity (Wildman–Crippen MR) is 52.5 cm³/mol. The van der Waals surface area contributed by atoms with Gasteiger partial charge in [0.05, 0.1) is 5.69 Å². The lowest BCUT2D eigenvalue weighted by Crippen LogP contribution is -2.10. The maximum absolute atomic E-state index is 10.9. The number of aromatic carboxylic acids is 1.